The van der Waals surface area contributed by atoms with Crippen molar-refractivity contribution in [3.05, 3.63) is 57.8 Å². The van der Waals surface area contributed by atoms with Crippen LogP contribution in [-0.2, 0) is 6.54 Å². The Hall–Kier alpha value is -2.10. The van der Waals surface area contributed by atoms with Gasteiger partial charge < -0.3 is 5.73 Å². The van der Waals surface area contributed by atoms with E-state index in [1.165, 1.54) is 0 Å². The Morgan fingerprint density at radius 3 is 2.47 bits per heavy atom. The number of nitrogens with two attached hydrogens (primary N) is 1. The average molecular weight is 229 g/mol. The fourth-order valence-electron chi connectivity index (χ4n) is 1.77. The first-order chi connectivity index (χ1) is 8.06. The number of rotatable bonds is 2. The van der Waals surface area contributed by atoms with E-state index in [1.54, 1.807) is 4.57 Å². The molecular formula is C13H15N3O. The summed E-state index contributed by atoms with van der Waals surface area (Å²) in [5, 5.41) is 0. The summed E-state index contributed by atoms with van der Waals surface area (Å²) in [6.07, 6.45) is 0. The van der Waals surface area contributed by atoms with Crippen LogP contribution in [0, 0.1) is 13.8 Å². The van der Waals surface area contributed by atoms with Gasteiger partial charge in [0.1, 0.15) is 0 Å². The zero-order valence-electron chi connectivity index (χ0n) is 9.97. The molecule has 0 aliphatic rings. The Bertz CT molecular complexity index is 585. The van der Waals surface area contributed by atoms with Crippen LogP contribution in [-0.4, -0.2) is 9.55 Å². The van der Waals surface area contributed by atoms with Gasteiger partial charge in [-0.15, -0.1) is 0 Å². The van der Waals surface area contributed by atoms with E-state index >= 15 is 0 Å². The van der Waals surface area contributed by atoms with Crippen molar-refractivity contribution in [2.45, 2.75) is 20.4 Å². The normalized spacial score (nSPS) is 10.5. The quantitative estimate of drug-likeness (QED) is 0.794. The molecule has 0 unspecified atom stereocenters. The van der Waals surface area contributed by atoms with Crippen LogP contribution in [0.2, 0.25) is 0 Å². The molecule has 2 rings (SSSR count). The minimum atomic E-state index is -0.209. The standard InChI is InChI=1S/C13H15N3O/c1-9-7-10(2)16(13(17)15-9)8-11-3-5-12(14)6-4-11/h3-7H,8,14H2,1-2H3. The zero-order valence-corrected chi connectivity index (χ0v) is 9.97. The van der Waals surface area contributed by atoms with Gasteiger partial charge in [-0.1, -0.05) is 12.1 Å². The summed E-state index contributed by atoms with van der Waals surface area (Å²) < 4.78 is 1.65. The summed E-state index contributed by atoms with van der Waals surface area (Å²) in [6, 6.07) is 9.40. The lowest BCUT2D eigenvalue weighted by atomic mass is 10.2. The molecule has 1 aromatic carbocycles. The smallest absolute Gasteiger partial charge is 0.348 e. The highest BCUT2D eigenvalue weighted by Crippen LogP contribution is 2.07. The topological polar surface area (TPSA) is 60.9 Å². The van der Waals surface area contributed by atoms with E-state index in [0.29, 0.717) is 6.54 Å². The van der Waals surface area contributed by atoms with Crippen LogP contribution in [0.1, 0.15) is 17.0 Å². The number of nitrogens with zero attached hydrogens (tertiary/aromatic N) is 2. The number of nitrogen functional groups attached to an aromatic ring is 1. The molecule has 2 aromatic rings. The van der Waals surface area contributed by atoms with Gasteiger partial charge in [-0.05, 0) is 37.6 Å². The number of aryl methyl sites for hydroxylation is 2. The minimum absolute atomic E-state index is 0.209. The molecule has 0 bridgehead atoms. The van der Waals surface area contributed by atoms with Crippen molar-refractivity contribution in [2.24, 2.45) is 0 Å². The number of hydrogen-bond donors (Lipinski definition) is 1. The van der Waals surface area contributed by atoms with Crippen molar-refractivity contribution < 1.29 is 0 Å². The summed E-state index contributed by atoms with van der Waals surface area (Å²) in [5.41, 5.74) is 8.84. The second-order valence-corrected chi connectivity index (χ2v) is 4.15. The molecule has 0 atom stereocenters. The lowest BCUT2D eigenvalue weighted by Crippen LogP contribution is -2.26. The Labute approximate surface area is 99.7 Å². The summed E-state index contributed by atoms with van der Waals surface area (Å²) in [7, 11) is 0. The molecule has 0 saturated heterocycles. The maximum absolute atomic E-state index is 11.8. The molecule has 0 saturated carbocycles. The van der Waals surface area contributed by atoms with E-state index in [0.717, 1.165) is 22.6 Å². The average Bonchev–Trinajstić information content (AvgIpc) is 2.26. The van der Waals surface area contributed by atoms with E-state index in [1.807, 2.05) is 44.2 Å². The number of aromatic nitrogens is 2. The predicted octanol–water partition coefficient (Wildman–Crippen LogP) is 1.49. The molecule has 0 aliphatic heterocycles. The van der Waals surface area contributed by atoms with Crippen LogP contribution in [0.15, 0.2) is 35.1 Å². The Morgan fingerprint density at radius 2 is 1.88 bits per heavy atom. The first kappa shape index (κ1) is 11.4. The lowest BCUT2D eigenvalue weighted by Gasteiger charge is -2.09. The summed E-state index contributed by atoms with van der Waals surface area (Å²) in [5.74, 6) is 0. The van der Waals surface area contributed by atoms with Crippen molar-refractivity contribution in [1.29, 1.82) is 0 Å². The van der Waals surface area contributed by atoms with Gasteiger partial charge in [0.15, 0.2) is 0 Å². The first-order valence-corrected chi connectivity index (χ1v) is 5.46. The Balaban J connectivity index is 2.36. The Kier molecular flexibility index (Phi) is 2.95. The second-order valence-electron chi connectivity index (χ2n) is 4.15. The van der Waals surface area contributed by atoms with E-state index < -0.39 is 0 Å². The van der Waals surface area contributed by atoms with Crippen LogP contribution < -0.4 is 11.4 Å². The molecular weight excluding hydrogens is 214 g/mol. The van der Waals surface area contributed by atoms with Gasteiger partial charge in [0, 0.05) is 17.1 Å². The van der Waals surface area contributed by atoms with E-state index in [-0.39, 0.29) is 5.69 Å². The number of hydrogen-bond acceptors (Lipinski definition) is 3. The van der Waals surface area contributed by atoms with Crippen LogP contribution in [0.5, 0.6) is 0 Å². The molecule has 17 heavy (non-hydrogen) atoms. The lowest BCUT2D eigenvalue weighted by molar-refractivity contribution is 0.694. The van der Waals surface area contributed by atoms with Crippen LogP contribution in [0.25, 0.3) is 0 Å². The molecule has 2 N–H and O–H groups in total. The van der Waals surface area contributed by atoms with Gasteiger partial charge in [-0.25, -0.2) is 4.79 Å². The van der Waals surface area contributed by atoms with Gasteiger partial charge in [0.05, 0.1) is 6.54 Å². The van der Waals surface area contributed by atoms with Gasteiger partial charge in [0.2, 0.25) is 0 Å². The van der Waals surface area contributed by atoms with E-state index in [9.17, 15) is 4.79 Å². The van der Waals surface area contributed by atoms with E-state index in [4.69, 9.17) is 5.73 Å². The fraction of sp³-hybridized carbons (Fsp3) is 0.231. The maximum atomic E-state index is 11.8. The largest absolute Gasteiger partial charge is 0.399 e. The monoisotopic (exact) mass is 229 g/mol. The van der Waals surface area contributed by atoms with Gasteiger partial charge in [-0.3, -0.25) is 4.57 Å². The molecule has 0 radical (unpaired) electrons. The molecule has 4 nitrogen and oxygen atoms in total. The second kappa shape index (κ2) is 4.41. The fourth-order valence-corrected chi connectivity index (χ4v) is 1.77. The third-order valence-electron chi connectivity index (χ3n) is 2.67. The zero-order chi connectivity index (χ0) is 12.4. The number of benzene rings is 1. The molecule has 0 spiro atoms. The summed E-state index contributed by atoms with van der Waals surface area (Å²) >= 11 is 0. The first-order valence-electron chi connectivity index (χ1n) is 5.46. The molecule has 4 heteroatoms. The number of anilines is 1. The Morgan fingerprint density at radius 1 is 1.24 bits per heavy atom. The molecule has 0 aliphatic carbocycles. The van der Waals surface area contributed by atoms with Gasteiger partial charge in [0.25, 0.3) is 0 Å². The predicted molar refractivity (Wildman–Crippen MR) is 67.9 cm³/mol. The van der Waals surface area contributed by atoms with Gasteiger partial charge in [-0.2, -0.15) is 4.98 Å². The van der Waals surface area contributed by atoms with Crippen molar-refractivity contribution in [2.75, 3.05) is 5.73 Å². The van der Waals surface area contributed by atoms with Gasteiger partial charge >= 0.3 is 5.69 Å². The summed E-state index contributed by atoms with van der Waals surface area (Å²) in [6.45, 7) is 4.26. The van der Waals surface area contributed by atoms with Crippen molar-refractivity contribution in [3.8, 4) is 0 Å². The van der Waals surface area contributed by atoms with Crippen LogP contribution in [0.3, 0.4) is 0 Å². The van der Waals surface area contributed by atoms with Crippen molar-refractivity contribution in [1.82, 2.24) is 9.55 Å². The highest BCUT2D eigenvalue weighted by molar-refractivity contribution is 5.39. The van der Waals surface area contributed by atoms with Crippen molar-refractivity contribution in [3.63, 3.8) is 0 Å². The van der Waals surface area contributed by atoms with Crippen LogP contribution in [0.4, 0.5) is 5.69 Å². The maximum Gasteiger partial charge on any atom is 0.348 e. The SMILES string of the molecule is Cc1cc(C)n(Cc2ccc(N)cc2)c(=O)n1. The third-order valence-corrected chi connectivity index (χ3v) is 2.67. The molecule has 1 aromatic heterocycles. The van der Waals surface area contributed by atoms with Crippen LogP contribution >= 0.6 is 0 Å². The molecule has 0 amide bonds. The van der Waals surface area contributed by atoms with E-state index in [2.05, 4.69) is 4.98 Å². The molecule has 88 valence electrons. The summed E-state index contributed by atoms with van der Waals surface area (Å²) in [4.78, 5) is 15.7. The van der Waals surface area contributed by atoms with Crippen molar-refractivity contribution >= 4 is 5.69 Å². The highest BCUT2D eigenvalue weighted by Gasteiger charge is 2.03. The third kappa shape index (κ3) is 2.53. The highest BCUT2D eigenvalue weighted by atomic mass is 16.1. The molecule has 0 fully saturated rings. The minimum Gasteiger partial charge on any atom is -0.399 e. The molecule has 1 heterocycles.